The van der Waals surface area contributed by atoms with Gasteiger partial charge in [-0.1, -0.05) is 61.9 Å². The predicted octanol–water partition coefficient (Wildman–Crippen LogP) is 4.78. The summed E-state index contributed by atoms with van der Waals surface area (Å²) in [6, 6.07) is 14.4. The van der Waals surface area contributed by atoms with Gasteiger partial charge >= 0.3 is 6.03 Å². The molecule has 0 bridgehead atoms. The van der Waals surface area contributed by atoms with E-state index in [1.165, 1.54) is 16.7 Å². The summed E-state index contributed by atoms with van der Waals surface area (Å²) in [6.07, 6.45) is 1.82. The Kier molecular flexibility index (Phi) is 5.80. The molecule has 0 aliphatic carbocycles. The van der Waals surface area contributed by atoms with E-state index in [2.05, 4.69) is 68.6 Å². The van der Waals surface area contributed by atoms with Gasteiger partial charge in [-0.05, 0) is 36.5 Å². The first-order valence-electron chi connectivity index (χ1n) is 8.23. The summed E-state index contributed by atoms with van der Waals surface area (Å²) in [5, 5.41) is 3.10. The number of aryl methyl sites for hydroxylation is 3. The molecule has 3 nitrogen and oxygen atoms in total. The van der Waals surface area contributed by atoms with Gasteiger partial charge in [-0.25, -0.2) is 4.79 Å². The molecule has 122 valence electrons. The summed E-state index contributed by atoms with van der Waals surface area (Å²) in [6.45, 7) is 6.89. The molecule has 3 heteroatoms. The van der Waals surface area contributed by atoms with Crippen molar-refractivity contribution in [3.05, 3.63) is 64.7 Å². The Morgan fingerprint density at radius 2 is 1.57 bits per heavy atom. The highest BCUT2D eigenvalue weighted by Gasteiger charge is 2.13. The van der Waals surface area contributed by atoms with Gasteiger partial charge in [-0.3, -0.25) is 0 Å². The lowest BCUT2D eigenvalue weighted by Gasteiger charge is -2.21. The van der Waals surface area contributed by atoms with Crippen LogP contribution in [0.5, 0.6) is 0 Å². The van der Waals surface area contributed by atoms with Gasteiger partial charge in [-0.15, -0.1) is 0 Å². The smallest absolute Gasteiger partial charge is 0.321 e. The van der Waals surface area contributed by atoms with Gasteiger partial charge in [0, 0.05) is 19.3 Å². The fraction of sp³-hybridized carbons (Fsp3) is 0.350. The number of hydrogen-bond donors (Lipinski definition) is 1. The van der Waals surface area contributed by atoms with E-state index >= 15 is 0 Å². The Hall–Kier alpha value is -2.29. The SMILES string of the molecule is CCc1cccc(CC)c1NC(=O)N(C)Cc1ccc(C)cc1. The van der Waals surface area contributed by atoms with Gasteiger partial charge in [0.25, 0.3) is 0 Å². The maximum atomic E-state index is 12.5. The highest BCUT2D eigenvalue weighted by Crippen LogP contribution is 2.23. The van der Waals surface area contributed by atoms with E-state index in [1.54, 1.807) is 4.90 Å². The fourth-order valence-electron chi connectivity index (χ4n) is 2.64. The normalized spacial score (nSPS) is 10.4. The molecule has 0 saturated heterocycles. The molecule has 0 atom stereocenters. The van der Waals surface area contributed by atoms with Crippen LogP contribution in [0.15, 0.2) is 42.5 Å². The number of urea groups is 1. The molecule has 0 spiro atoms. The van der Waals surface area contributed by atoms with Crippen molar-refractivity contribution in [2.24, 2.45) is 0 Å². The first-order chi connectivity index (χ1) is 11.0. The van der Waals surface area contributed by atoms with Crippen LogP contribution >= 0.6 is 0 Å². The van der Waals surface area contributed by atoms with Crippen LogP contribution in [0.1, 0.15) is 36.1 Å². The maximum Gasteiger partial charge on any atom is 0.321 e. The number of rotatable bonds is 5. The summed E-state index contributed by atoms with van der Waals surface area (Å²) in [5.74, 6) is 0. The lowest BCUT2D eigenvalue weighted by molar-refractivity contribution is 0.220. The number of para-hydroxylation sites is 1. The monoisotopic (exact) mass is 310 g/mol. The lowest BCUT2D eigenvalue weighted by atomic mass is 10.0. The summed E-state index contributed by atoms with van der Waals surface area (Å²) < 4.78 is 0. The maximum absolute atomic E-state index is 12.5. The van der Waals surface area contributed by atoms with E-state index in [1.807, 2.05) is 7.05 Å². The molecule has 2 aromatic rings. The molecular weight excluding hydrogens is 284 g/mol. The zero-order chi connectivity index (χ0) is 16.8. The van der Waals surface area contributed by atoms with Crippen LogP contribution in [0.4, 0.5) is 10.5 Å². The zero-order valence-corrected chi connectivity index (χ0v) is 14.5. The van der Waals surface area contributed by atoms with Crippen LogP contribution in [0.2, 0.25) is 0 Å². The number of nitrogens with zero attached hydrogens (tertiary/aromatic N) is 1. The highest BCUT2D eigenvalue weighted by atomic mass is 16.2. The Morgan fingerprint density at radius 1 is 1.00 bits per heavy atom. The van der Waals surface area contributed by atoms with Crippen molar-refractivity contribution in [1.82, 2.24) is 4.90 Å². The first-order valence-corrected chi connectivity index (χ1v) is 8.23. The molecular formula is C20H26N2O. The van der Waals surface area contributed by atoms with E-state index in [0.29, 0.717) is 6.54 Å². The van der Waals surface area contributed by atoms with Crippen molar-refractivity contribution >= 4 is 11.7 Å². The molecule has 0 fully saturated rings. The van der Waals surface area contributed by atoms with Crippen LogP contribution in [0.3, 0.4) is 0 Å². The second kappa shape index (κ2) is 7.82. The molecule has 0 aliphatic rings. The zero-order valence-electron chi connectivity index (χ0n) is 14.5. The molecule has 0 saturated carbocycles. The molecule has 23 heavy (non-hydrogen) atoms. The minimum Gasteiger partial charge on any atom is -0.323 e. The molecule has 0 aliphatic heterocycles. The van der Waals surface area contributed by atoms with E-state index in [9.17, 15) is 4.79 Å². The minimum atomic E-state index is -0.0684. The number of carbonyl (C=O) groups excluding carboxylic acids is 1. The summed E-state index contributed by atoms with van der Waals surface area (Å²) in [5.41, 5.74) is 5.69. The van der Waals surface area contributed by atoms with Crippen molar-refractivity contribution in [2.45, 2.75) is 40.2 Å². The Labute approximate surface area is 139 Å². The van der Waals surface area contributed by atoms with Gasteiger partial charge in [0.2, 0.25) is 0 Å². The molecule has 2 amide bonds. The van der Waals surface area contributed by atoms with Crippen LogP contribution < -0.4 is 5.32 Å². The van der Waals surface area contributed by atoms with E-state index in [-0.39, 0.29) is 6.03 Å². The van der Waals surface area contributed by atoms with Crippen LogP contribution in [-0.2, 0) is 19.4 Å². The third kappa shape index (κ3) is 4.35. The summed E-state index contributed by atoms with van der Waals surface area (Å²) in [4.78, 5) is 14.3. The van der Waals surface area contributed by atoms with Gasteiger partial charge in [0.15, 0.2) is 0 Å². The van der Waals surface area contributed by atoms with Gasteiger partial charge in [0.1, 0.15) is 0 Å². The number of carbonyl (C=O) groups is 1. The van der Waals surface area contributed by atoms with Crippen molar-refractivity contribution in [2.75, 3.05) is 12.4 Å². The van der Waals surface area contributed by atoms with Crippen molar-refractivity contribution in [1.29, 1.82) is 0 Å². The van der Waals surface area contributed by atoms with Gasteiger partial charge < -0.3 is 10.2 Å². The number of hydrogen-bond acceptors (Lipinski definition) is 1. The van der Waals surface area contributed by atoms with Crippen LogP contribution in [-0.4, -0.2) is 18.0 Å². The van der Waals surface area contributed by atoms with Crippen molar-refractivity contribution in [3.8, 4) is 0 Å². The third-order valence-electron chi connectivity index (χ3n) is 4.12. The molecule has 0 radical (unpaired) electrons. The Morgan fingerprint density at radius 3 is 2.09 bits per heavy atom. The minimum absolute atomic E-state index is 0.0684. The molecule has 0 unspecified atom stereocenters. The van der Waals surface area contributed by atoms with E-state index in [0.717, 1.165) is 24.1 Å². The molecule has 2 rings (SSSR count). The molecule has 1 N–H and O–H groups in total. The average molecular weight is 310 g/mol. The van der Waals surface area contributed by atoms with E-state index < -0.39 is 0 Å². The molecule has 0 heterocycles. The standard InChI is InChI=1S/C20H26N2O/c1-5-17-8-7-9-18(6-2)19(17)21-20(23)22(4)14-16-12-10-15(3)11-13-16/h7-13H,5-6,14H2,1-4H3,(H,21,23). The quantitative estimate of drug-likeness (QED) is 0.846. The predicted molar refractivity (Wildman–Crippen MR) is 96.9 cm³/mol. The summed E-state index contributed by atoms with van der Waals surface area (Å²) >= 11 is 0. The fourth-order valence-corrected chi connectivity index (χ4v) is 2.64. The lowest BCUT2D eigenvalue weighted by Crippen LogP contribution is -2.31. The van der Waals surface area contributed by atoms with Crippen molar-refractivity contribution in [3.63, 3.8) is 0 Å². The number of anilines is 1. The van der Waals surface area contributed by atoms with Gasteiger partial charge in [-0.2, -0.15) is 0 Å². The van der Waals surface area contributed by atoms with Crippen LogP contribution in [0.25, 0.3) is 0 Å². The number of amides is 2. The largest absolute Gasteiger partial charge is 0.323 e. The Bertz CT molecular complexity index is 640. The Balaban J connectivity index is 2.10. The van der Waals surface area contributed by atoms with Gasteiger partial charge in [0.05, 0.1) is 0 Å². The topological polar surface area (TPSA) is 32.3 Å². The highest BCUT2D eigenvalue weighted by molar-refractivity contribution is 5.91. The number of nitrogens with one attached hydrogen (secondary N) is 1. The third-order valence-corrected chi connectivity index (χ3v) is 4.12. The second-order valence-corrected chi connectivity index (χ2v) is 5.93. The number of benzene rings is 2. The summed E-state index contributed by atoms with van der Waals surface area (Å²) in [7, 11) is 1.83. The van der Waals surface area contributed by atoms with Crippen LogP contribution in [0, 0.1) is 6.92 Å². The average Bonchev–Trinajstić information content (AvgIpc) is 2.56. The molecule has 0 aromatic heterocycles. The van der Waals surface area contributed by atoms with E-state index in [4.69, 9.17) is 0 Å². The van der Waals surface area contributed by atoms with Crippen molar-refractivity contribution < 1.29 is 4.79 Å². The second-order valence-electron chi connectivity index (χ2n) is 5.93. The first kappa shape index (κ1) is 17.1. The molecule has 2 aromatic carbocycles.